The van der Waals surface area contributed by atoms with Crippen LogP contribution in [0, 0.1) is 6.92 Å². The first kappa shape index (κ1) is 22.5. The molecule has 0 bridgehead atoms. The monoisotopic (exact) mass is 427 g/mol. The predicted octanol–water partition coefficient (Wildman–Crippen LogP) is 2.73. The number of aromatic nitrogens is 2. The molecule has 0 spiro atoms. The minimum absolute atomic E-state index is 0.120. The van der Waals surface area contributed by atoms with Crippen LogP contribution in [0.5, 0.6) is 0 Å². The minimum atomic E-state index is -0.605. The van der Waals surface area contributed by atoms with Crippen molar-refractivity contribution in [2.45, 2.75) is 70.8 Å². The van der Waals surface area contributed by atoms with Crippen LogP contribution in [0.1, 0.15) is 79.5 Å². The normalized spacial score (nSPS) is 15.7. The van der Waals surface area contributed by atoms with Crippen molar-refractivity contribution >= 4 is 23.4 Å². The highest BCUT2D eigenvalue weighted by atomic mass is 16.5. The number of benzene rings is 1. The Kier molecular flexibility index (Phi) is 7.04. The van der Waals surface area contributed by atoms with E-state index in [9.17, 15) is 14.4 Å². The Bertz CT molecular complexity index is 961. The fourth-order valence-corrected chi connectivity index (χ4v) is 4.09. The summed E-state index contributed by atoms with van der Waals surface area (Å²) in [6, 6.07) is 4.93. The van der Waals surface area contributed by atoms with Gasteiger partial charge in [0.05, 0.1) is 0 Å². The van der Waals surface area contributed by atoms with Gasteiger partial charge in [-0.2, -0.15) is 4.98 Å². The number of hydrogen-bond acceptors (Lipinski definition) is 6. The van der Waals surface area contributed by atoms with E-state index in [2.05, 4.69) is 20.8 Å². The molecule has 0 unspecified atom stereocenters. The van der Waals surface area contributed by atoms with Crippen LogP contribution in [-0.2, 0) is 21.5 Å². The molecule has 166 valence electrons. The summed E-state index contributed by atoms with van der Waals surface area (Å²) in [5.74, 6) is 0.00706. The van der Waals surface area contributed by atoms with Crippen LogP contribution in [0.15, 0.2) is 22.7 Å². The molecular formula is C22H29N5O4. The average Bonchev–Trinajstić information content (AvgIpc) is 3.06. The number of aryl methyl sites for hydroxylation is 2. The molecule has 4 N–H and O–H groups in total. The molecule has 1 aromatic carbocycles. The highest BCUT2D eigenvalue weighted by molar-refractivity contribution is 5.96. The summed E-state index contributed by atoms with van der Waals surface area (Å²) in [6.07, 6.45) is 6.19. The van der Waals surface area contributed by atoms with E-state index >= 15 is 0 Å². The van der Waals surface area contributed by atoms with Crippen LogP contribution in [0.3, 0.4) is 0 Å². The van der Waals surface area contributed by atoms with Gasteiger partial charge in [-0.25, -0.2) is 0 Å². The van der Waals surface area contributed by atoms with Crippen molar-refractivity contribution in [1.29, 1.82) is 0 Å². The highest BCUT2D eigenvalue weighted by Gasteiger charge is 2.38. The van der Waals surface area contributed by atoms with E-state index in [0.29, 0.717) is 28.5 Å². The lowest BCUT2D eigenvalue weighted by atomic mass is 9.89. The van der Waals surface area contributed by atoms with Crippen molar-refractivity contribution in [3.05, 3.63) is 41.0 Å². The SMILES string of the molecule is CC(=O)NC1(c2noc(CCC(=O)Nc3ccc(C(N)=O)c(C)c3)n2)CCCCCC1. The maximum absolute atomic E-state index is 12.3. The van der Waals surface area contributed by atoms with E-state index in [1.165, 1.54) is 6.92 Å². The average molecular weight is 428 g/mol. The standard InChI is InChI=1S/C22H29N5O4/c1-14-13-16(7-8-17(14)20(23)30)24-18(29)9-10-19-25-21(27-31-19)22(26-15(2)28)11-5-3-4-6-12-22/h7-8,13H,3-6,9-12H2,1-2H3,(H2,23,30)(H,24,29)(H,26,28). The van der Waals surface area contributed by atoms with Gasteiger partial charge in [0.1, 0.15) is 5.54 Å². The number of carbonyl (C=O) groups excluding carboxylic acids is 3. The summed E-state index contributed by atoms with van der Waals surface area (Å²) in [4.78, 5) is 40.0. The van der Waals surface area contributed by atoms with Gasteiger partial charge in [-0.1, -0.05) is 30.8 Å². The lowest BCUT2D eigenvalue weighted by Crippen LogP contribution is -2.45. The van der Waals surface area contributed by atoms with Crippen molar-refractivity contribution in [1.82, 2.24) is 15.5 Å². The van der Waals surface area contributed by atoms with Gasteiger partial charge in [-0.05, 0) is 43.5 Å². The molecule has 0 aliphatic heterocycles. The summed E-state index contributed by atoms with van der Waals surface area (Å²) >= 11 is 0. The molecule has 9 heteroatoms. The second-order valence-electron chi connectivity index (χ2n) is 8.13. The number of rotatable bonds is 7. The second-order valence-corrected chi connectivity index (χ2v) is 8.13. The molecule has 0 radical (unpaired) electrons. The third kappa shape index (κ3) is 5.68. The minimum Gasteiger partial charge on any atom is -0.366 e. The molecule has 1 aliphatic rings. The lowest BCUT2D eigenvalue weighted by molar-refractivity contribution is -0.121. The number of hydrogen-bond donors (Lipinski definition) is 3. The Hall–Kier alpha value is -3.23. The fraction of sp³-hybridized carbons (Fsp3) is 0.500. The molecule has 1 saturated carbocycles. The summed E-state index contributed by atoms with van der Waals surface area (Å²) < 4.78 is 5.38. The molecule has 1 aliphatic carbocycles. The number of nitrogens with two attached hydrogens (primary N) is 1. The first-order chi connectivity index (χ1) is 14.8. The maximum atomic E-state index is 12.3. The number of anilines is 1. The summed E-state index contributed by atoms with van der Waals surface area (Å²) in [5.41, 5.74) is 6.40. The van der Waals surface area contributed by atoms with Gasteiger partial charge in [-0.3, -0.25) is 14.4 Å². The van der Waals surface area contributed by atoms with E-state index in [-0.39, 0.29) is 24.7 Å². The van der Waals surface area contributed by atoms with Crippen LogP contribution >= 0.6 is 0 Å². The zero-order valence-corrected chi connectivity index (χ0v) is 18.0. The van der Waals surface area contributed by atoms with Crippen LogP contribution in [0.2, 0.25) is 0 Å². The number of carbonyl (C=O) groups is 3. The largest absolute Gasteiger partial charge is 0.366 e. The van der Waals surface area contributed by atoms with E-state index in [1.807, 2.05) is 0 Å². The van der Waals surface area contributed by atoms with E-state index < -0.39 is 11.4 Å². The second kappa shape index (κ2) is 9.72. The summed E-state index contributed by atoms with van der Waals surface area (Å²) in [7, 11) is 0. The molecule has 2 aromatic rings. The molecule has 1 aromatic heterocycles. The molecule has 9 nitrogen and oxygen atoms in total. The number of nitrogens with one attached hydrogen (secondary N) is 2. The maximum Gasteiger partial charge on any atom is 0.248 e. The van der Waals surface area contributed by atoms with Crippen molar-refractivity contribution in [2.24, 2.45) is 5.73 Å². The molecule has 1 fully saturated rings. The van der Waals surface area contributed by atoms with Crippen LogP contribution in [0.4, 0.5) is 5.69 Å². The summed E-state index contributed by atoms with van der Waals surface area (Å²) in [6.45, 7) is 3.25. The van der Waals surface area contributed by atoms with Crippen LogP contribution in [0.25, 0.3) is 0 Å². The quantitative estimate of drug-likeness (QED) is 0.580. The van der Waals surface area contributed by atoms with Crippen molar-refractivity contribution in [2.75, 3.05) is 5.32 Å². The molecule has 3 amide bonds. The van der Waals surface area contributed by atoms with Crippen molar-refractivity contribution in [3.63, 3.8) is 0 Å². The van der Waals surface area contributed by atoms with Crippen molar-refractivity contribution < 1.29 is 18.9 Å². The molecular weight excluding hydrogens is 398 g/mol. The van der Waals surface area contributed by atoms with Crippen molar-refractivity contribution in [3.8, 4) is 0 Å². The van der Waals surface area contributed by atoms with Gasteiger partial charge in [0.2, 0.25) is 23.6 Å². The Morgan fingerprint density at radius 3 is 2.48 bits per heavy atom. The fourth-order valence-electron chi connectivity index (χ4n) is 4.09. The zero-order valence-electron chi connectivity index (χ0n) is 18.0. The smallest absolute Gasteiger partial charge is 0.248 e. The van der Waals surface area contributed by atoms with Gasteiger partial charge in [0.15, 0.2) is 5.82 Å². The van der Waals surface area contributed by atoms with E-state index in [1.54, 1.807) is 25.1 Å². The lowest BCUT2D eigenvalue weighted by Gasteiger charge is -2.30. The van der Waals surface area contributed by atoms with Crippen LogP contribution in [-0.4, -0.2) is 27.9 Å². The Balaban J connectivity index is 1.62. The molecule has 1 heterocycles. The van der Waals surface area contributed by atoms with Gasteiger partial charge in [0.25, 0.3) is 0 Å². The highest BCUT2D eigenvalue weighted by Crippen LogP contribution is 2.34. The van der Waals surface area contributed by atoms with Gasteiger partial charge >= 0.3 is 0 Å². The molecule has 31 heavy (non-hydrogen) atoms. The Morgan fingerprint density at radius 2 is 1.87 bits per heavy atom. The van der Waals surface area contributed by atoms with Gasteiger partial charge in [-0.15, -0.1) is 0 Å². The topological polar surface area (TPSA) is 140 Å². The zero-order chi connectivity index (χ0) is 22.4. The summed E-state index contributed by atoms with van der Waals surface area (Å²) in [5, 5.41) is 9.97. The van der Waals surface area contributed by atoms with E-state index in [4.69, 9.17) is 10.3 Å². The third-order valence-corrected chi connectivity index (χ3v) is 5.61. The van der Waals surface area contributed by atoms with Gasteiger partial charge < -0.3 is 20.9 Å². The molecule has 0 saturated heterocycles. The Labute approximate surface area is 181 Å². The first-order valence-corrected chi connectivity index (χ1v) is 10.6. The first-order valence-electron chi connectivity index (χ1n) is 10.6. The third-order valence-electron chi connectivity index (χ3n) is 5.61. The number of amides is 3. The predicted molar refractivity (Wildman–Crippen MR) is 114 cm³/mol. The van der Waals surface area contributed by atoms with Gasteiger partial charge in [0, 0.05) is 31.0 Å². The molecule has 0 atom stereocenters. The van der Waals surface area contributed by atoms with E-state index in [0.717, 1.165) is 38.5 Å². The molecule has 3 rings (SSSR count). The Morgan fingerprint density at radius 1 is 1.16 bits per heavy atom. The number of nitrogens with zero attached hydrogens (tertiary/aromatic N) is 2. The number of primary amides is 1. The van der Waals surface area contributed by atoms with Crippen LogP contribution < -0.4 is 16.4 Å².